The van der Waals surface area contributed by atoms with Crippen molar-refractivity contribution in [3.05, 3.63) is 29.4 Å². The predicted octanol–water partition coefficient (Wildman–Crippen LogP) is 3.57. The molecule has 0 unspecified atom stereocenters. The van der Waals surface area contributed by atoms with E-state index in [2.05, 4.69) is 20.8 Å². The molecular weight excluding hydrogens is 200 g/mol. The van der Waals surface area contributed by atoms with Gasteiger partial charge < -0.3 is 9.84 Å². The number of phenols is 1. The molecule has 0 fully saturated rings. The summed E-state index contributed by atoms with van der Waals surface area (Å²) in [6, 6.07) is 3.83. The number of aromatic hydroxyl groups is 1. The fourth-order valence-corrected chi connectivity index (χ4v) is 2.05. The molecular formula is C14H19O2. The molecule has 2 nitrogen and oxygen atoms in total. The fourth-order valence-electron chi connectivity index (χ4n) is 2.05. The molecule has 0 spiro atoms. The minimum Gasteiger partial charge on any atom is -0.508 e. The van der Waals surface area contributed by atoms with Crippen LogP contribution in [0.2, 0.25) is 0 Å². The molecule has 0 saturated heterocycles. The van der Waals surface area contributed by atoms with Gasteiger partial charge in [-0.25, -0.2) is 0 Å². The second-order valence-electron chi connectivity index (χ2n) is 5.53. The van der Waals surface area contributed by atoms with Crippen LogP contribution in [0.1, 0.15) is 45.2 Å². The lowest BCUT2D eigenvalue weighted by molar-refractivity contribution is 0.293. The van der Waals surface area contributed by atoms with Crippen LogP contribution in [0.15, 0.2) is 12.1 Å². The average molecular weight is 219 g/mol. The molecule has 0 saturated carbocycles. The lowest BCUT2D eigenvalue weighted by Crippen LogP contribution is -2.15. The van der Waals surface area contributed by atoms with Crippen LogP contribution in [-0.2, 0) is 11.8 Å². The zero-order valence-electron chi connectivity index (χ0n) is 10.4. The summed E-state index contributed by atoms with van der Waals surface area (Å²) >= 11 is 0. The quantitative estimate of drug-likeness (QED) is 0.722. The topological polar surface area (TPSA) is 29.5 Å². The molecule has 87 valence electrons. The van der Waals surface area contributed by atoms with Crippen LogP contribution in [0.25, 0.3) is 0 Å². The first-order valence-electron chi connectivity index (χ1n) is 5.74. The van der Waals surface area contributed by atoms with Crippen LogP contribution in [0, 0.1) is 6.10 Å². The van der Waals surface area contributed by atoms with Crippen molar-refractivity contribution >= 4 is 0 Å². The van der Waals surface area contributed by atoms with Gasteiger partial charge in [0.25, 0.3) is 0 Å². The van der Waals surface area contributed by atoms with Gasteiger partial charge in [-0.2, -0.15) is 0 Å². The van der Waals surface area contributed by atoms with E-state index in [0.29, 0.717) is 5.75 Å². The third-order valence-electron chi connectivity index (χ3n) is 3.02. The number of fused-ring (bicyclic) bond motifs is 1. The van der Waals surface area contributed by atoms with Crippen molar-refractivity contribution in [2.24, 2.45) is 0 Å². The highest BCUT2D eigenvalue weighted by Crippen LogP contribution is 2.39. The summed E-state index contributed by atoms with van der Waals surface area (Å²) in [5.41, 5.74) is 1.99. The van der Waals surface area contributed by atoms with E-state index in [1.165, 1.54) is 0 Å². The van der Waals surface area contributed by atoms with Crippen molar-refractivity contribution in [2.45, 2.75) is 46.0 Å². The fraction of sp³-hybridized carbons (Fsp3) is 0.500. The molecule has 1 aromatic rings. The predicted molar refractivity (Wildman–Crippen MR) is 64.7 cm³/mol. The van der Waals surface area contributed by atoms with Gasteiger partial charge in [-0.05, 0) is 42.9 Å². The largest absolute Gasteiger partial charge is 0.508 e. The van der Waals surface area contributed by atoms with Gasteiger partial charge in [-0.1, -0.05) is 20.8 Å². The Morgan fingerprint density at radius 1 is 1.19 bits per heavy atom. The van der Waals surface area contributed by atoms with Crippen molar-refractivity contribution in [3.63, 3.8) is 0 Å². The van der Waals surface area contributed by atoms with E-state index < -0.39 is 0 Å². The Labute approximate surface area is 97.3 Å². The summed E-state index contributed by atoms with van der Waals surface area (Å²) in [5.74, 6) is 1.29. The minimum atomic E-state index is -0.0617. The highest BCUT2D eigenvalue weighted by atomic mass is 16.5. The Morgan fingerprint density at radius 2 is 1.88 bits per heavy atom. The third-order valence-corrected chi connectivity index (χ3v) is 3.02. The minimum absolute atomic E-state index is 0.0617. The molecule has 1 radical (unpaired) electrons. The molecule has 16 heavy (non-hydrogen) atoms. The summed E-state index contributed by atoms with van der Waals surface area (Å²) < 4.78 is 5.73. The van der Waals surface area contributed by atoms with Crippen LogP contribution in [0.4, 0.5) is 0 Å². The molecule has 0 bridgehead atoms. The Bertz CT molecular complexity index is 402. The molecule has 1 aliphatic heterocycles. The monoisotopic (exact) mass is 219 g/mol. The van der Waals surface area contributed by atoms with Crippen LogP contribution in [0.3, 0.4) is 0 Å². The highest BCUT2D eigenvalue weighted by Gasteiger charge is 2.24. The van der Waals surface area contributed by atoms with Gasteiger partial charge in [0.2, 0.25) is 0 Å². The lowest BCUT2D eigenvalue weighted by Gasteiger charge is -2.27. The van der Waals surface area contributed by atoms with Gasteiger partial charge in [0.15, 0.2) is 0 Å². The van der Waals surface area contributed by atoms with E-state index in [1.54, 1.807) is 0 Å². The van der Waals surface area contributed by atoms with E-state index in [9.17, 15) is 5.11 Å². The second kappa shape index (κ2) is 3.69. The molecule has 0 aliphatic carbocycles. The summed E-state index contributed by atoms with van der Waals surface area (Å²) in [7, 11) is 0. The van der Waals surface area contributed by atoms with Gasteiger partial charge in [0.05, 0.1) is 0 Å². The summed E-state index contributed by atoms with van der Waals surface area (Å²) in [5, 5.41) is 10.0. The van der Waals surface area contributed by atoms with Crippen molar-refractivity contribution < 1.29 is 9.84 Å². The second-order valence-corrected chi connectivity index (χ2v) is 5.53. The molecule has 0 atom stereocenters. The van der Waals surface area contributed by atoms with Gasteiger partial charge >= 0.3 is 0 Å². The number of hydrogen-bond donors (Lipinski definition) is 1. The zero-order chi connectivity index (χ0) is 11.9. The SMILES string of the molecule is C[C]1CCc2cc(O)c(C(C)(C)C)cc2O1. The number of phenolic OH excluding ortho intramolecular Hbond substituents is 1. The van der Waals surface area contributed by atoms with Crippen molar-refractivity contribution in [3.8, 4) is 11.5 Å². The van der Waals surface area contributed by atoms with Gasteiger partial charge in [0.1, 0.15) is 17.6 Å². The number of hydrogen-bond acceptors (Lipinski definition) is 2. The highest BCUT2D eigenvalue weighted by molar-refractivity contribution is 5.49. The summed E-state index contributed by atoms with van der Waals surface area (Å²) in [6.07, 6.45) is 2.96. The average Bonchev–Trinajstić information content (AvgIpc) is 2.16. The van der Waals surface area contributed by atoms with Gasteiger partial charge in [0, 0.05) is 5.56 Å². The van der Waals surface area contributed by atoms with Crippen molar-refractivity contribution in [1.82, 2.24) is 0 Å². The summed E-state index contributed by atoms with van der Waals surface area (Å²) in [6.45, 7) is 8.28. The molecule has 0 amide bonds. The first kappa shape index (κ1) is 11.3. The number of aryl methyl sites for hydroxylation is 1. The van der Waals surface area contributed by atoms with Crippen molar-refractivity contribution in [1.29, 1.82) is 0 Å². The zero-order valence-corrected chi connectivity index (χ0v) is 10.4. The van der Waals surface area contributed by atoms with Crippen LogP contribution >= 0.6 is 0 Å². The molecule has 1 heterocycles. The smallest absolute Gasteiger partial charge is 0.146 e. The standard InChI is InChI=1S/C14H19O2/c1-9-5-6-10-7-12(15)11(14(2,3)4)8-13(10)16-9/h7-8,15H,5-6H2,1-4H3. The number of ether oxygens (including phenoxy) is 1. The van der Waals surface area contributed by atoms with E-state index in [1.807, 2.05) is 19.1 Å². The third kappa shape index (κ3) is 2.01. The molecule has 1 aromatic carbocycles. The van der Waals surface area contributed by atoms with E-state index >= 15 is 0 Å². The first-order valence-corrected chi connectivity index (χ1v) is 5.74. The molecule has 1 N–H and O–H groups in total. The maximum Gasteiger partial charge on any atom is 0.146 e. The summed E-state index contributed by atoms with van der Waals surface area (Å²) in [4.78, 5) is 0. The molecule has 2 rings (SSSR count). The van der Waals surface area contributed by atoms with E-state index in [-0.39, 0.29) is 5.41 Å². The lowest BCUT2D eigenvalue weighted by atomic mass is 9.84. The number of rotatable bonds is 0. The Balaban J connectivity index is 2.47. The van der Waals surface area contributed by atoms with Crippen LogP contribution in [-0.4, -0.2) is 5.11 Å². The van der Waals surface area contributed by atoms with Gasteiger partial charge in [-0.3, -0.25) is 0 Å². The Kier molecular flexibility index (Phi) is 2.61. The van der Waals surface area contributed by atoms with Crippen LogP contribution < -0.4 is 4.74 Å². The van der Waals surface area contributed by atoms with Crippen LogP contribution in [0.5, 0.6) is 11.5 Å². The van der Waals surface area contributed by atoms with Crippen molar-refractivity contribution in [2.75, 3.05) is 0 Å². The maximum atomic E-state index is 10.0. The van der Waals surface area contributed by atoms with E-state index in [0.717, 1.165) is 35.8 Å². The Hall–Kier alpha value is -1.18. The molecule has 1 aliphatic rings. The van der Waals surface area contributed by atoms with E-state index in [4.69, 9.17) is 4.74 Å². The Morgan fingerprint density at radius 3 is 2.50 bits per heavy atom. The molecule has 0 aromatic heterocycles. The molecule has 2 heteroatoms. The maximum absolute atomic E-state index is 10.0. The van der Waals surface area contributed by atoms with Gasteiger partial charge in [-0.15, -0.1) is 0 Å². The first-order chi connectivity index (χ1) is 7.38. The normalized spacial score (nSPS) is 16.8. The number of benzene rings is 1.